The van der Waals surface area contributed by atoms with Gasteiger partial charge in [-0.15, -0.1) is 0 Å². The summed E-state index contributed by atoms with van der Waals surface area (Å²) in [6.07, 6.45) is 0. The molecule has 0 spiro atoms. The number of ether oxygens (including phenoxy) is 2. The van der Waals surface area contributed by atoms with Crippen LogP contribution >= 0.6 is 23.2 Å². The van der Waals surface area contributed by atoms with Crippen molar-refractivity contribution in [3.8, 4) is 11.5 Å². The Hall–Kier alpha value is -2.89. The van der Waals surface area contributed by atoms with Crippen molar-refractivity contribution in [3.63, 3.8) is 0 Å². The lowest BCUT2D eigenvalue weighted by atomic mass is 10.3. The first kappa shape index (κ1) is 20.8. The van der Waals surface area contributed by atoms with Crippen LogP contribution in [0.4, 0.5) is 11.4 Å². The molecule has 0 fully saturated rings. The monoisotopic (exact) mass is 430 g/mol. The van der Waals surface area contributed by atoms with E-state index in [0.717, 1.165) is 11.4 Å². The fourth-order valence-corrected chi connectivity index (χ4v) is 2.82. The maximum absolute atomic E-state index is 12.2. The Morgan fingerprint density at radius 3 is 2.34 bits per heavy atom. The highest BCUT2D eigenvalue weighted by Crippen LogP contribution is 2.25. The molecule has 0 aliphatic rings. The third-order valence-corrected chi connectivity index (χ3v) is 4.62. The van der Waals surface area contributed by atoms with Crippen LogP contribution in [0.2, 0.25) is 10.0 Å². The van der Waals surface area contributed by atoms with Gasteiger partial charge in [0, 0.05) is 5.69 Å². The second kappa shape index (κ2) is 10.6. The second-order valence-electron chi connectivity index (χ2n) is 6.04. The molecule has 0 atom stereocenters. The molecule has 0 radical (unpaired) electrons. The first-order valence-electron chi connectivity index (χ1n) is 9.00. The number of carbonyl (C=O) groups is 1. The number of nitrogens with one attached hydrogen (secondary N) is 2. The van der Waals surface area contributed by atoms with Gasteiger partial charge in [-0.25, -0.2) is 0 Å². The van der Waals surface area contributed by atoms with Crippen LogP contribution in [0.5, 0.6) is 11.5 Å². The Labute approximate surface area is 179 Å². The zero-order valence-corrected chi connectivity index (χ0v) is 17.0. The standard InChI is InChI=1S/C22H20Cl2N2O3/c23-18-11-10-16(14-19(18)24)26-22(27)15-25-20-8-4-5-9-21(20)29-13-12-28-17-6-2-1-3-7-17/h1-11,14,25H,12-13,15H2,(H,26,27). The van der Waals surface area contributed by atoms with Crippen molar-refractivity contribution in [2.45, 2.75) is 0 Å². The molecule has 0 unspecified atom stereocenters. The van der Waals surface area contributed by atoms with Crippen molar-refractivity contribution in [3.05, 3.63) is 82.8 Å². The molecule has 3 rings (SSSR count). The van der Waals surface area contributed by atoms with Crippen LogP contribution in [-0.4, -0.2) is 25.7 Å². The van der Waals surface area contributed by atoms with Gasteiger partial charge in [0.1, 0.15) is 24.7 Å². The summed E-state index contributed by atoms with van der Waals surface area (Å²) in [5.41, 5.74) is 1.30. The van der Waals surface area contributed by atoms with E-state index < -0.39 is 0 Å². The first-order valence-corrected chi connectivity index (χ1v) is 9.76. The number of hydrogen-bond acceptors (Lipinski definition) is 4. The van der Waals surface area contributed by atoms with Gasteiger partial charge in [0.05, 0.1) is 22.3 Å². The van der Waals surface area contributed by atoms with Crippen LogP contribution in [0.25, 0.3) is 0 Å². The Kier molecular flexibility index (Phi) is 7.61. The summed E-state index contributed by atoms with van der Waals surface area (Å²) in [6.45, 7) is 0.861. The molecule has 3 aromatic rings. The number of carbonyl (C=O) groups excluding carboxylic acids is 1. The summed E-state index contributed by atoms with van der Waals surface area (Å²) in [7, 11) is 0. The largest absolute Gasteiger partial charge is 0.490 e. The Balaban J connectivity index is 1.48. The van der Waals surface area contributed by atoms with Crippen LogP contribution in [-0.2, 0) is 4.79 Å². The van der Waals surface area contributed by atoms with E-state index >= 15 is 0 Å². The van der Waals surface area contributed by atoms with Gasteiger partial charge in [-0.2, -0.15) is 0 Å². The Bertz CT molecular complexity index is 952. The molecular formula is C22H20Cl2N2O3. The van der Waals surface area contributed by atoms with Gasteiger partial charge in [-0.05, 0) is 42.5 Å². The number of hydrogen-bond donors (Lipinski definition) is 2. The van der Waals surface area contributed by atoms with Gasteiger partial charge in [0.25, 0.3) is 0 Å². The number of rotatable bonds is 9. The second-order valence-corrected chi connectivity index (χ2v) is 6.85. The normalized spacial score (nSPS) is 10.3. The minimum Gasteiger partial charge on any atom is -0.490 e. The summed E-state index contributed by atoms with van der Waals surface area (Å²) in [6, 6.07) is 21.9. The van der Waals surface area contributed by atoms with E-state index in [9.17, 15) is 4.79 Å². The SMILES string of the molecule is O=C(CNc1ccccc1OCCOc1ccccc1)Nc1ccc(Cl)c(Cl)c1. The van der Waals surface area contributed by atoms with E-state index in [1.54, 1.807) is 18.2 Å². The van der Waals surface area contributed by atoms with Gasteiger partial charge in [-0.3, -0.25) is 4.79 Å². The van der Waals surface area contributed by atoms with Crippen LogP contribution in [0.3, 0.4) is 0 Å². The summed E-state index contributed by atoms with van der Waals surface area (Å²) in [4.78, 5) is 12.2. The lowest BCUT2D eigenvalue weighted by Crippen LogP contribution is -2.22. The predicted molar refractivity (Wildman–Crippen MR) is 117 cm³/mol. The predicted octanol–water partition coefficient (Wildman–Crippen LogP) is 5.50. The molecule has 7 heteroatoms. The third kappa shape index (κ3) is 6.59. The van der Waals surface area contributed by atoms with E-state index in [4.69, 9.17) is 32.7 Å². The molecular weight excluding hydrogens is 411 g/mol. The quantitative estimate of drug-likeness (QED) is 0.439. The highest BCUT2D eigenvalue weighted by Gasteiger charge is 2.07. The molecule has 0 aliphatic carbocycles. The molecule has 2 N–H and O–H groups in total. The van der Waals surface area contributed by atoms with E-state index in [1.807, 2.05) is 54.6 Å². The fraction of sp³-hybridized carbons (Fsp3) is 0.136. The summed E-state index contributed by atoms with van der Waals surface area (Å²) in [5.74, 6) is 1.22. The van der Waals surface area contributed by atoms with Gasteiger partial charge in [0.2, 0.25) is 5.91 Å². The highest BCUT2D eigenvalue weighted by atomic mass is 35.5. The minimum absolute atomic E-state index is 0.0706. The Morgan fingerprint density at radius 1 is 0.828 bits per heavy atom. The number of para-hydroxylation sites is 3. The van der Waals surface area contributed by atoms with Crippen molar-refractivity contribution >= 4 is 40.5 Å². The maximum atomic E-state index is 12.2. The minimum atomic E-state index is -0.217. The molecule has 0 aromatic heterocycles. The number of anilines is 2. The third-order valence-electron chi connectivity index (χ3n) is 3.88. The summed E-state index contributed by atoms with van der Waals surface area (Å²) >= 11 is 11.8. The van der Waals surface area contributed by atoms with Crippen molar-refractivity contribution < 1.29 is 14.3 Å². The molecule has 150 valence electrons. The number of amides is 1. The zero-order valence-electron chi connectivity index (χ0n) is 15.5. The first-order chi connectivity index (χ1) is 14.1. The summed E-state index contributed by atoms with van der Waals surface area (Å²) in [5, 5.41) is 6.66. The van der Waals surface area contributed by atoms with Gasteiger partial charge < -0.3 is 20.1 Å². The highest BCUT2D eigenvalue weighted by molar-refractivity contribution is 6.42. The van der Waals surface area contributed by atoms with Crippen molar-refractivity contribution in [1.29, 1.82) is 0 Å². The van der Waals surface area contributed by atoms with Crippen LogP contribution in [0, 0.1) is 0 Å². The van der Waals surface area contributed by atoms with E-state index in [2.05, 4.69) is 10.6 Å². The van der Waals surface area contributed by atoms with Crippen molar-refractivity contribution in [2.75, 3.05) is 30.4 Å². The molecule has 1 amide bonds. The van der Waals surface area contributed by atoms with Crippen LogP contribution in [0.1, 0.15) is 0 Å². The van der Waals surface area contributed by atoms with Crippen molar-refractivity contribution in [2.24, 2.45) is 0 Å². The molecule has 5 nitrogen and oxygen atoms in total. The van der Waals surface area contributed by atoms with E-state index in [0.29, 0.717) is 34.7 Å². The van der Waals surface area contributed by atoms with E-state index in [-0.39, 0.29) is 12.5 Å². The number of benzene rings is 3. The topological polar surface area (TPSA) is 59.6 Å². The number of halogens is 2. The molecule has 0 bridgehead atoms. The molecule has 0 saturated heterocycles. The molecule has 0 saturated carbocycles. The van der Waals surface area contributed by atoms with E-state index in [1.165, 1.54) is 0 Å². The molecule has 0 aliphatic heterocycles. The van der Waals surface area contributed by atoms with Gasteiger partial charge in [0.15, 0.2) is 0 Å². The molecule has 0 heterocycles. The molecule has 3 aromatic carbocycles. The maximum Gasteiger partial charge on any atom is 0.243 e. The Morgan fingerprint density at radius 2 is 1.55 bits per heavy atom. The molecule has 29 heavy (non-hydrogen) atoms. The fourth-order valence-electron chi connectivity index (χ4n) is 2.52. The van der Waals surface area contributed by atoms with Crippen LogP contribution < -0.4 is 20.1 Å². The average Bonchev–Trinajstić information content (AvgIpc) is 2.74. The average molecular weight is 431 g/mol. The van der Waals surface area contributed by atoms with Gasteiger partial charge in [-0.1, -0.05) is 53.5 Å². The zero-order chi connectivity index (χ0) is 20.5. The smallest absolute Gasteiger partial charge is 0.243 e. The summed E-state index contributed by atoms with van der Waals surface area (Å²) < 4.78 is 11.4. The van der Waals surface area contributed by atoms with Crippen molar-refractivity contribution in [1.82, 2.24) is 0 Å². The lowest BCUT2D eigenvalue weighted by Gasteiger charge is -2.14. The van der Waals surface area contributed by atoms with Gasteiger partial charge >= 0.3 is 0 Å². The van der Waals surface area contributed by atoms with Crippen LogP contribution in [0.15, 0.2) is 72.8 Å². The lowest BCUT2D eigenvalue weighted by molar-refractivity contribution is -0.114.